The Labute approximate surface area is 102 Å². The maximum atomic E-state index is 12.2. The second-order valence-electron chi connectivity index (χ2n) is 3.94. The zero-order valence-electron chi connectivity index (χ0n) is 10.6. The van der Waals surface area contributed by atoms with E-state index in [9.17, 15) is 8.42 Å². The van der Waals surface area contributed by atoms with Crippen LogP contribution < -0.4 is 4.72 Å². The molecule has 1 aromatic heterocycles. The van der Waals surface area contributed by atoms with Gasteiger partial charge in [0.25, 0.3) is 0 Å². The van der Waals surface area contributed by atoms with E-state index in [1.807, 2.05) is 6.92 Å². The summed E-state index contributed by atoms with van der Waals surface area (Å²) >= 11 is 0. The highest BCUT2D eigenvalue weighted by Crippen LogP contribution is 2.17. The fraction of sp³-hybridized carbons (Fsp3) is 0.700. The summed E-state index contributed by atoms with van der Waals surface area (Å²) in [5, 5.41) is 6.55. The highest BCUT2D eigenvalue weighted by molar-refractivity contribution is 7.89. The number of aromatic nitrogens is 2. The molecule has 6 nitrogen and oxygen atoms in total. The van der Waals surface area contributed by atoms with Gasteiger partial charge in [0, 0.05) is 13.2 Å². The predicted molar refractivity (Wildman–Crippen MR) is 64.3 cm³/mol. The van der Waals surface area contributed by atoms with Gasteiger partial charge < -0.3 is 4.74 Å². The average molecular weight is 261 g/mol. The number of aryl methyl sites for hydroxylation is 2. The lowest BCUT2D eigenvalue weighted by Gasteiger charge is -2.16. The van der Waals surface area contributed by atoms with E-state index in [-0.39, 0.29) is 10.9 Å². The van der Waals surface area contributed by atoms with Gasteiger partial charge in [-0.25, -0.2) is 13.1 Å². The molecule has 1 aromatic rings. The van der Waals surface area contributed by atoms with Crippen LogP contribution >= 0.6 is 0 Å². The smallest absolute Gasteiger partial charge is 0.244 e. The molecule has 1 atom stereocenters. The third-order valence-electron chi connectivity index (χ3n) is 2.51. The van der Waals surface area contributed by atoms with Gasteiger partial charge in [-0.15, -0.1) is 0 Å². The summed E-state index contributed by atoms with van der Waals surface area (Å²) in [6, 6.07) is -0.223. The molecule has 0 aliphatic rings. The molecule has 0 aromatic carbocycles. The van der Waals surface area contributed by atoms with Crippen molar-refractivity contribution in [3.05, 3.63) is 11.4 Å². The van der Waals surface area contributed by atoms with Crippen molar-refractivity contribution in [2.45, 2.75) is 38.1 Å². The van der Waals surface area contributed by atoms with Crippen LogP contribution in [-0.4, -0.2) is 38.4 Å². The molecule has 0 saturated heterocycles. The number of rotatable bonds is 6. The Morgan fingerprint density at radius 3 is 2.53 bits per heavy atom. The van der Waals surface area contributed by atoms with Crippen LogP contribution in [0.1, 0.15) is 24.7 Å². The van der Waals surface area contributed by atoms with Crippen molar-refractivity contribution in [1.82, 2.24) is 14.9 Å². The van der Waals surface area contributed by atoms with Crippen molar-refractivity contribution in [1.29, 1.82) is 0 Å². The van der Waals surface area contributed by atoms with Crippen LogP contribution in [-0.2, 0) is 14.8 Å². The van der Waals surface area contributed by atoms with Crippen LogP contribution in [0.4, 0.5) is 0 Å². The molecule has 0 radical (unpaired) electrons. The highest BCUT2D eigenvalue weighted by atomic mass is 32.2. The van der Waals surface area contributed by atoms with E-state index in [2.05, 4.69) is 14.9 Å². The van der Waals surface area contributed by atoms with Crippen molar-refractivity contribution >= 4 is 10.0 Å². The number of sulfonamides is 1. The van der Waals surface area contributed by atoms with Crippen molar-refractivity contribution in [2.24, 2.45) is 0 Å². The quantitative estimate of drug-likeness (QED) is 0.790. The predicted octanol–water partition coefficient (Wildman–Crippen LogP) is 0.730. The van der Waals surface area contributed by atoms with E-state index in [0.717, 1.165) is 0 Å². The summed E-state index contributed by atoms with van der Waals surface area (Å²) in [6.07, 6.45) is 0.670. The molecule has 2 N–H and O–H groups in total. The van der Waals surface area contributed by atoms with Crippen molar-refractivity contribution in [3.63, 3.8) is 0 Å². The Bertz CT molecular complexity index is 448. The van der Waals surface area contributed by atoms with Gasteiger partial charge in [-0.3, -0.25) is 5.10 Å². The number of nitrogens with one attached hydrogen (secondary N) is 2. The third-order valence-corrected chi connectivity index (χ3v) is 4.29. The van der Waals surface area contributed by atoms with Crippen LogP contribution in [0, 0.1) is 13.8 Å². The molecular weight excluding hydrogens is 242 g/mol. The van der Waals surface area contributed by atoms with E-state index in [4.69, 9.17) is 4.74 Å². The lowest BCUT2D eigenvalue weighted by atomic mass is 10.3. The monoisotopic (exact) mass is 261 g/mol. The molecule has 0 aliphatic carbocycles. The highest BCUT2D eigenvalue weighted by Gasteiger charge is 2.24. The standard InChI is InChI=1S/C10H19N3O3S/c1-5-9(6-16-4)13-17(14,15)10-7(2)11-12-8(10)3/h9,13H,5-6H2,1-4H3,(H,11,12). The second kappa shape index (κ2) is 5.61. The lowest BCUT2D eigenvalue weighted by Crippen LogP contribution is -2.37. The van der Waals surface area contributed by atoms with Gasteiger partial charge in [-0.05, 0) is 20.3 Å². The van der Waals surface area contributed by atoms with E-state index < -0.39 is 10.0 Å². The second-order valence-corrected chi connectivity index (χ2v) is 5.60. The summed E-state index contributed by atoms with van der Waals surface area (Å²) in [5.74, 6) is 0. The Hall–Kier alpha value is -0.920. The average Bonchev–Trinajstić information content (AvgIpc) is 2.58. The molecular formula is C10H19N3O3S. The van der Waals surface area contributed by atoms with Crippen LogP contribution in [0.15, 0.2) is 4.90 Å². The summed E-state index contributed by atoms with van der Waals surface area (Å²) < 4.78 is 31.9. The van der Waals surface area contributed by atoms with Gasteiger partial charge >= 0.3 is 0 Å². The first-order valence-electron chi connectivity index (χ1n) is 5.45. The van der Waals surface area contributed by atoms with Crippen LogP contribution in [0.25, 0.3) is 0 Å². The number of H-pyrrole nitrogens is 1. The van der Waals surface area contributed by atoms with E-state index >= 15 is 0 Å². The lowest BCUT2D eigenvalue weighted by molar-refractivity contribution is 0.173. The molecule has 17 heavy (non-hydrogen) atoms. The summed E-state index contributed by atoms with van der Waals surface area (Å²) in [4.78, 5) is 0.229. The minimum atomic E-state index is -3.54. The maximum Gasteiger partial charge on any atom is 0.244 e. The maximum absolute atomic E-state index is 12.2. The SMILES string of the molecule is CCC(COC)NS(=O)(=O)c1c(C)n[nH]c1C. The molecule has 0 amide bonds. The van der Waals surface area contributed by atoms with Crippen molar-refractivity contribution < 1.29 is 13.2 Å². The number of nitrogens with zero attached hydrogens (tertiary/aromatic N) is 1. The molecule has 98 valence electrons. The Morgan fingerprint density at radius 2 is 2.12 bits per heavy atom. The van der Waals surface area contributed by atoms with Gasteiger partial charge in [-0.2, -0.15) is 5.10 Å². The molecule has 7 heteroatoms. The van der Waals surface area contributed by atoms with E-state index in [1.165, 1.54) is 0 Å². The molecule has 0 bridgehead atoms. The van der Waals surface area contributed by atoms with Crippen LogP contribution in [0.3, 0.4) is 0 Å². The molecule has 0 saturated carbocycles. The molecule has 0 aliphatic heterocycles. The number of hydrogen-bond acceptors (Lipinski definition) is 4. The Balaban J connectivity index is 2.96. The zero-order valence-corrected chi connectivity index (χ0v) is 11.4. The molecule has 0 fully saturated rings. The normalized spacial score (nSPS) is 13.9. The molecule has 0 spiro atoms. The first-order chi connectivity index (χ1) is 7.92. The van der Waals surface area contributed by atoms with Gasteiger partial charge in [0.15, 0.2) is 0 Å². The largest absolute Gasteiger partial charge is 0.383 e. The zero-order chi connectivity index (χ0) is 13.1. The van der Waals surface area contributed by atoms with Gasteiger partial charge in [0.1, 0.15) is 4.90 Å². The molecule has 1 unspecified atom stereocenters. The number of ether oxygens (including phenoxy) is 1. The number of methoxy groups -OCH3 is 1. The van der Waals surface area contributed by atoms with Crippen molar-refractivity contribution in [3.8, 4) is 0 Å². The Morgan fingerprint density at radius 1 is 1.47 bits per heavy atom. The van der Waals surface area contributed by atoms with Crippen molar-refractivity contribution in [2.75, 3.05) is 13.7 Å². The van der Waals surface area contributed by atoms with Gasteiger partial charge in [-0.1, -0.05) is 6.92 Å². The van der Waals surface area contributed by atoms with Crippen LogP contribution in [0.2, 0.25) is 0 Å². The fourth-order valence-corrected chi connectivity index (χ4v) is 3.33. The van der Waals surface area contributed by atoms with E-state index in [0.29, 0.717) is 24.4 Å². The molecule has 1 heterocycles. The summed E-state index contributed by atoms with van der Waals surface area (Å²) in [5.41, 5.74) is 1.02. The fourth-order valence-electron chi connectivity index (χ4n) is 1.65. The molecule has 1 rings (SSSR count). The van der Waals surface area contributed by atoms with Crippen LogP contribution in [0.5, 0.6) is 0 Å². The third kappa shape index (κ3) is 3.27. The van der Waals surface area contributed by atoms with Gasteiger partial charge in [0.2, 0.25) is 10.0 Å². The van der Waals surface area contributed by atoms with E-state index in [1.54, 1.807) is 21.0 Å². The summed E-state index contributed by atoms with van der Waals surface area (Å²) in [6.45, 7) is 5.61. The number of aromatic amines is 1. The minimum absolute atomic E-state index is 0.223. The minimum Gasteiger partial charge on any atom is -0.383 e. The van der Waals surface area contributed by atoms with Gasteiger partial charge in [0.05, 0.1) is 18.0 Å². The first kappa shape index (κ1) is 14.1. The Kier molecular flexibility index (Phi) is 4.67. The summed E-state index contributed by atoms with van der Waals surface area (Å²) in [7, 11) is -1.99. The first-order valence-corrected chi connectivity index (χ1v) is 6.93. The number of hydrogen-bond donors (Lipinski definition) is 2. The topological polar surface area (TPSA) is 84.1 Å².